The molecule has 0 saturated carbocycles. The summed E-state index contributed by atoms with van der Waals surface area (Å²) in [7, 11) is -3.70. The van der Waals surface area contributed by atoms with Gasteiger partial charge in [0.05, 0.1) is 29.6 Å². The van der Waals surface area contributed by atoms with Crippen LogP contribution in [0.1, 0.15) is 12.8 Å². The fourth-order valence-electron chi connectivity index (χ4n) is 2.47. The topological polar surface area (TPSA) is 122 Å². The van der Waals surface area contributed by atoms with Gasteiger partial charge in [-0.1, -0.05) is 0 Å². The third-order valence-electron chi connectivity index (χ3n) is 3.67. The van der Waals surface area contributed by atoms with Gasteiger partial charge in [0.2, 0.25) is 10.0 Å². The van der Waals surface area contributed by atoms with Gasteiger partial charge in [0, 0.05) is 25.7 Å². The Morgan fingerprint density at radius 2 is 2.00 bits per heavy atom. The maximum absolute atomic E-state index is 12.5. The molecule has 0 aromatic heterocycles. The number of hydrogen-bond acceptors (Lipinski definition) is 7. The average Bonchev–Trinajstić information content (AvgIpc) is 3.09. The van der Waals surface area contributed by atoms with Gasteiger partial charge in [-0.3, -0.25) is 10.1 Å². The number of hydrogen-bond donors (Lipinski definition) is 2. The van der Waals surface area contributed by atoms with Crippen molar-refractivity contribution in [1.82, 2.24) is 4.31 Å². The van der Waals surface area contributed by atoms with Crippen LogP contribution in [0.3, 0.4) is 0 Å². The number of ether oxygens (including phenoxy) is 1. The zero-order chi connectivity index (χ0) is 17.6. The van der Waals surface area contributed by atoms with Crippen molar-refractivity contribution in [1.29, 1.82) is 0 Å². The number of anilines is 1. The standard InChI is InChI=1S/C14H21N3O6S/c18-8-10-23-9-5-15-13-4-3-12(11-14(13)17(19)20)24(21,22)16-6-1-2-7-16/h3-4,11,15,18H,1-2,5-10H2. The Kier molecular flexibility index (Phi) is 6.49. The van der Waals surface area contributed by atoms with Gasteiger partial charge in [0.25, 0.3) is 5.69 Å². The molecule has 1 saturated heterocycles. The van der Waals surface area contributed by atoms with E-state index >= 15 is 0 Å². The van der Waals surface area contributed by atoms with E-state index in [2.05, 4.69) is 5.32 Å². The molecule has 1 aliphatic heterocycles. The van der Waals surface area contributed by atoms with Crippen LogP contribution in [0.5, 0.6) is 0 Å². The third kappa shape index (κ3) is 4.41. The molecule has 0 amide bonds. The Balaban J connectivity index is 2.15. The zero-order valence-electron chi connectivity index (χ0n) is 13.2. The summed E-state index contributed by atoms with van der Waals surface area (Å²) in [6.45, 7) is 1.56. The molecule has 1 aromatic carbocycles. The lowest BCUT2D eigenvalue weighted by Gasteiger charge is -2.16. The zero-order valence-corrected chi connectivity index (χ0v) is 14.0. The molecule has 0 spiro atoms. The second kappa shape index (κ2) is 8.38. The number of benzene rings is 1. The highest BCUT2D eigenvalue weighted by atomic mass is 32.2. The molecular formula is C14H21N3O6S. The van der Waals surface area contributed by atoms with Crippen LogP contribution in [0.4, 0.5) is 11.4 Å². The molecule has 0 radical (unpaired) electrons. The van der Waals surface area contributed by atoms with Crippen molar-refractivity contribution in [2.75, 3.05) is 44.8 Å². The predicted octanol–water partition coefficient (Wildman–Crippen LogP) is 0.800. The van der Waals surface area contributed by atoms with Crippen LogP contribution >= 0.6 is 0 Å². The van der Waals surface area contributed by atoms with Gasteiger partial charge in [-0.2, -0.15) is 4.31 Å². The SMILES string of the molecule is O=[N+]([O-])c1cc(S(=O)(=O)N2CCCC2)ccc1NCCOCCO. The summed E-state index contributed by atoms with van der Waals surface area (Å²) in [5, 5.41) is 22.7. The van der Waals surface area contributed by atoms with Crippen molar-refractivity contribution in [3.63, 3.8) is 0 Å². The second-order valence-corrected chi connectivity index (χ2v) is 7.25. The molecular weight excluding hydrogens is 338 g/mol. The summed E-state index contributed by atoms with van der Waals surface area (Å²) in [5.74, 6) is 0. The number of sulfonamides is 1. The lowest BCUT2D eigenvalue weighted by molar-refractivity contribution is -0.384. The van der Waals surface area contributed by atoms with Crippen molar-refractivity contribution < 1.29 is 23.2 Å². The summed E-state index contributed by atoms with van der Waals surface area (Å²) in [4.78, 5) is 10.6. The molecule has 2 rings (SSSR count). The fraction of sp³-hybridized carbons (Fsp3) is 0.571. The molecule has 0 unspecified atom stereocenters. The third-order valence-corrected chi connectivity index (χ3v) is 5.56. The summed E-state index contributed by atoms with van der Waals surface area (Å²) < 4.78 is 31.4. The van der Waals surface area contributed by atoms with E-state index in [4.69, 9.17) is 9.84 Å². The lowest BCUT2D eigenvalue weighted by Crippen LogP contribution is -2.27. The van der Waals surface area contributed by atoms with Gasteiger partial charge >= 0.3 is 0 Å². The molecule has 0 aliphatic carbocycles. The molecule has 1 aromatic rings. The summed E-state index contributed by atoms with van der Waals surface area (Å²) in [6.07, 6.45) is 1.60. The van der Waals surface area contributed by atoms with E-state index in [1.807, 2.05) is 0 Å². The van der Waals surface area contributed by atoms with E-state index in [1.54, 1.807) is 0 Å². The summed E-state index contributed by atoms with van der Waals surface area (Å²) in [6, 6.07) is 3.86. The van der Waals surface area contributed by atoms with E-state index in [9.17, 15) is 18.5 Å². The second-order valence-electron chi connectivity index (χ2n) is 5.31. The van der Waals surface area contributed by atoms with E-state index in [1.165, 1.54) is 16.4 Å². The van der Waals surface area contributed by atoms with Gasteiger partial charge in [0.15, 0.2) is 0 Å². The molecule has 0 bridgehead atoms. The molecule has 2 N–H and O–H groups in total. The van der Waals surface area contributed by atoms with Crippen LogP contribution in [0.25, 0.3) is 0 Å². The van der Waals surface area contributed by atoms with Crippen molar-refractivity contribution in [2.24, 2.45) is 0 Å². The first-order valence-electron chi connectivity index (χ1n) is 7.68. The lowest BCUT2D eigenvalue weighted by atomic mass is 10.2. The van der Waals surface area contributed by atoms with Gasteiger partial charge in [-0.25, -0.2) is 8.42 Å². The Morgan fingerprint density at radius 1 is 1.29 bits per heavy atom. The number of aliphatic hydroxyl groups excluding tert-OH is 1. The number of rotatable bonds is 9. The Bertz CT molecular complexity index is 673. The minimum atomic E-state index is -3.70. The average molecular weight is 359 g/mol. The fourth-order valence-corrected chi connectivity index (χ4v) is 4.01. The van der Waals surface area contributed by atoms with Crippen LogP contribution < -0.4 is 5.32 Å². The first-order valence-corrected chi connectivity index (χ1v) is 9.12. The molecule has 24 heavy (non-hydrogen) atoms. The van der Waals surface area contributed by atoms with Crippen LogP contribution in [0, 0.1) is 10.1 Å². The smallest absolute Gasteiger partial charge is 0.293 e. The largest absolute Gasteiger partial charge is 0.394 e. The molecule has 1 fully saturated rings. The molecule has 9 nitrogen and oxygen atoms in total. The monoisotopic (exact) mass is 359 g/mol. The Hall–Kier alpha value is -1.75. The van der Waals surface area contributed by atoms with Crippen LogP contribution in [-0.4, -0.2) is 62.2 Å². The molecule has 1 aliphatic rings. The maximum atomic E-state index is 12.5. The minimum Gasteiger partial charge on any atom is -0.394 e. The van der Waals surface area contributed by atoms with Gasteiger partial charge < -0.3 is 15.2 Å². The molecule has 134 valence electrons. The van der Waals surface area contributed by atoms with Crippen LogP contribution in [0.2, 0.25) is 0 Å². The van der Waals surface area contributed by atoms with Crippen molar-refractivity contribution in [3.8, 4) is 0 Å². The van der Waals surface area contributed by atoms with Crippen LogP contribution in [0.15, 0.2) is 23.1 Å². The normalized spacial score (nSPS) is 15.5. The van der Waals surface area contributed by atoms with E-state index in [0.29, 0.717) is 19.6 Å². The van der Waals surface area contributed by atoms with E-state index in [0.717, 1.165) is 18.9 Å². The minimum absolute atomic E-state index is 0.0711. The number of aliphatic hydroxyl groups is 1. The molecule has 0 atom stereocenters. The van der Waals surface area contributed by atoms with Gasteiger partial charge in [-0.05, 0) is 25.0 Å². The first kappa shape index (κ1) is 18.6. The quantitative estimate of drug-likeness (QED) is 0.380. The number of nitro groups is 1. The predicted molar refractivity (Wildman–Crippen MR) is 87.5 cm³/mol. The highest BCUT2D eigenvalue weighted by Crippen LogP contribution is 2.30. The Morgan fingerprint density at radius 3 is 2.62 bits per heavy atom. The van der Waals surface area contributed by atoms with Gasteiger partial charge in [0.1, 0.15) is 5.69 Å². The highest BCUT2D eigenvalue weighted by molar-refractivity contribution is 7.89. The molecule has 10 heteroatoms. The number of nitrogens with one attached hydrogen (secondary N) is 1. The molecule has 1 heterocycles. The van der Waals surface area contributed by atoms with Crippen LogP contribution in [-0.2, 0) is 14.8 Å². The van der Waals surface area contributed by atoms with Gasteiger partial charge in [-0.15, -0.1) is 0 Å². The van der Waals surface area contributed by atoms with E-state index in [-0.39, 0.29) is 36.1 Å². The maximum Gasteiger partial charge on any atom is 0.293 e. The summed E-state index contributed by atoms with van der Waals surface area (Å²) >= 11 is 0. The number of nitro benzene ring substituents is 1. The van der Waals surface area contributed by atoms with E-state index < -0.39 is 14.9 Å². The van der Waals surface area contributed by atoms with Crippen molar-refractivity contribution >= 4 is 21.4 Å². The van der Waals surface area contributed by atoms with Crippen molar-refractivity contribution in [2.45, 2.75) is 17.7 Å². The highest BCUT2D eigenvalue weighted by Gasteiger charge is 2.29. The first-order chi connectivity index (χ1) is 11.5. The summed E-state index contributed by atoms with van der Waals surface area (Å²) in [5.41, 5.74) is -0.0644. The van der Waals surface area contributed by atoms with Crippen molar-refractivity contribution in [3.05, 3.63) is 28.3 Å². The Labute approximate surface area is 140 Å². The number of nitrogens with zero attached hydrogens (tertiary/aromatic N) is 2.